The molecule has 0 rings (SSSR count). The van der Waals surface area contributed by atoms with Crippen molar-refractivity contribution in [3.8, 4) is 0 Å². The van der Waals surface area contributed by atoms with Gasteiger partial charge in [-0.15, -0.1) is 0 Å². The Hall–Kier alpha value is 1.38. The van der Waals surface area contributed by atoms with Crippen LogP contribution in [0.5, 0.6) is 0 Å². The molecule has 35 valence electrons. The third-order valence-electron chi connectivity index (χ3n) is 0.302. The Kier molecular flexibility index (Phi) is 11.0. The van der Waals surface area contributed by atoms with Crippen LogP contribution < -0.4 is 0 Å². The molecule has 0 bridgehead atoms. The number of hydrogen-bond donors (Lipinski definition) is 1. The second-order valence-corrected chi connectivity index (χ2v) is 2.24. The topological polar surface area (TPSA) is 37.3 Å². The molecule has 0 aliphatic heterocycles. The summed E-state index contributed by atoms with van der Waals surface area (Å²) in [6.07, 6.45) is 0.407. The molecule has 0 aromatic heterocycles. The first-order chi connectivity index (χ1) is 2.27. The van der Waals surface area contributed by atoms with Crippen LogP contribution in [0.2, 0.25) is 0 Å². The molecule has 0 aliphatic rings. The second kappa shape index (κ2) is 6.38. The average molecular weight is 233 g/mol. The summed E-state index contributed by atoms with van der Waals surface area (Å²) in [4.78, 5) is 7.91. The van der Waals surface area contributed by atoms with E-state index in [1.54, 1.807) is 6.92 Å². The standard InChI is InChI=1S/C2H7O2P.La/c1-2-5(3)4;/h5H,2H2,1H3,(H,3,4);. The van der Waals surface area contributed by atoms with Crippen molar-refractivity contribution in [3.05, 3.63) is 0 Å². The fourth-order valence-corrected chi connectivity index (χ4v) is 0. The molecule has 0 heterocycles. The average Bonchev–Trinajstić information content (AvgIpc) is 1.38. The van der Waals surface area contributed by atoms with Crippen molar-refractivity contribution < 1.29 is 45.1 Å². The van der Waals surface area contributed by atoms with E-state index in [1.165, 1.54) is 0 Å². The molecule has 2 nitrogen and oxygen atoms in total. The van der Waals surface area contributed by atoms with Gasteiger partial charge < -0.3 is 4.89 Å². The number of hydrogen-bond acceptors (Lipinski definition) is 1. The maximum absolute atomic E-state index is 9.55. The summed E-state index contributed by atoms with van der Waals surface area (Å²) >= 11 is 0. The Morgan fingerprint density at radius 2 is 2.00 bits per heavy atom. The van der Waals surface area contributed by atoms with E-state index in [0.29, 0.717) is 6.16 Å². The van der Waals surface area contributed by atoms with Gasteiger partial charge in [0.2, 0.25) is 0 Å². The molecule has 1 radical (unpaired) electrons. The first-order valence-corrected chi connectivity index (χ1v) is 3.05. The van der Waals surface area contributed by atoms with Gasteiger partial charge in [0, 0.05) is 41.8 Å². The van der Waals surface area contributed by atoms with Crippen molar-refractivity contribution in [1.82, 2.24) is 0 Å². The van der Waals surface area contributed by atoms with E-state index >= 15 is 0 Å². The minimum absolute atomic E-state index is 0. The zero-order valence-corrected chi connectivity index (χ0v) is 8.27. The molecule has 0 saturated carbocycles. The molecule has 0 aliphatic carbocycles. The van der Waals surface area contributed by atoms with Crippen LogP contribution in [0.15, 0.2) is 0 Å². The van der Waals surface area contributed by atoms with Crippen LogP contribution in [-0.4, -0.2) is 11.1 Å². The predicted octanol–water partition coefficient (Wildman–Crippen LogP) is 0.473. The molecule has 0 aromatic rings. The van der Waals surface area contributed by atoms with Gasteiger partial charge in [-0.1, -0.05) is 6.92 Å². The van der Waals surface area contributed by atoms with Crippen LogP contribution in [-0.2, 0) is 4.57 Å². The van der Waals surface area contributed by atoms with E-state index in [-0.39, 0.29) is 35.6 Å². The van der Waals surface area contributed by atoms with E-state index < -0.39 is 8.03 Å². The summed E-state index contributed by atoms with van der Waals surface area (Å²) < 4.78 is 9.55. The van der Waals surface area contributed by atoms with Crippen molar-refractivity contribution in [2.75, 3.05) is 6.16 Å². The Labute approximate surface area is 65.8 Å². The van der Waals surface area contributed by atoms with Crippen LogP contribution in [0.25, 0.3) is 0 Å². The van der Waals surface area contributed by atoms with Crippen LogP contribution in [0.4, 0.5) is 0 Å². The van der Waals surface area contributed by atoms with Crippen molar-refractivity contribution in [3.63, 3.8) is 0 Å². The van der Waals surface area contributed by atoms with Gasteiger partial charge in [-0.05, 0) is 0 Å². The minimum atomic E-state index is -2.12. The third kappa shape index (κ3) is 9.04. The van der Waals surface area contributed by atoms with Gasteiger partial charge in [0.25, 0.3) is 0 Å². The SMILES string of the molecule is CC[PH](=O)O.[La]. The largest absolute Gasteiger partial charge is 0.346 e. The Bertz CT molecular complexity index is 46.8. The minimum Gasteiger partial charge on any atom is -0.346 e. The zero-order chi connectivity index (χ0) is 4.28. The van der Waals surface area contributed by atoms with E-state index in [0.717, 1.165) is 0 Å². The van der Waals surface area contributed by atoms with Gasteiger partial charge in [0.15, 0.2) is 8.03 Å². The molecule has 0 aromatic carbocycles. The fraction of sp³-hybridized carbons (Fsp3) is 1.00. The molecule has 6 heavy (non-hydrogen) atoms. The number of rotatable bonds is 1. The van der Waals surface area contributed by atoms with Gasteiger partial charge in [-0.2, -0.15) is 0 Å². The Morgan fingerprint density at radius 3 is 2.00 bits per heavy atom. The van der Waals surface area contributed by atoms with Gasteiger partial charge >= 0.3 is 0 Å². The van der Waals surface area contributed by atoms with Crippen LogP contribution in [0, 0.1) is 35.6 Å². The third-order valence-corrected chi connectivity index (χ3v) is 0.907. The molecular formula is C2H7LaO2P. The quantitative estimate of drug-likeness (QED) is 0.668. The monoisotopic (exact) mass is 233 g/mol. The van der Waals surface area contributed by atoms with E-state index in [9.17, 15) is 4.57 Å². The second-order valence-electron chi connectivity index (χ2n) is 0.747. The Balaban J connectivity index is 0. The van der Waals surface area contributed by atoms with Crippen LogP contribution in [0.3, 0.4) is 0 Å². The maximum Gasteiger partial charge on any atom is 0.188 e. The summed E-state index contributed by atoms with van der Waals surface area (Å²) in [5.74, 6) is 0. The predicted molar refractivity (Wildman–Crippen MR) is 21.8 cm³/mol. The zero-order valence-electron chi connectivity index (χ0n) is 3.64. The van der Waals surface area contributed by atoms with Gasteiger partial charge in [0.05, 0.1) is 0 Å². The van der Waals surface area contributed by atoms with E-state index in [2.05, 4.69) is 0 Å². The van der Waals surface area contributed by atoms with Crippen molar-refractivity contribution in [1.29, 1.82) is 0 Å². The summed E-state index contributed by atoms with van der Waals surface area (Å²) in [7, 11) is -2.12. The fourth-order valence-electron chi connectivity index (χ4n) is 0. The first-order valence-electron chi connectivity index (χ1n) is 1.49. The van der Waals surface area contributed by atoms with Gasteiger partial charge in [-0.25, -0.2) is 0 Å². The molecule has 0 spiro atoms. The molecule has 1 N–H and O–H groups in total. The summed E-state index contributed by atoms with van der Waals surface area (Å²) in [6, 6.07) is 0. The van der Waals surface area contributed by atoms with Crippen LogP contribution >= 0.6 is 8.03 Å². The summed E-state index contributed by atoms with van der Waals surface area (Å²) in [5, 5.41) is 0. The molecular weight excluding hydrogens is 226 g/mol. The smallest absolute Gasteiger partial charge is 0.188 e. The molecule has 0 saturated heterocycles. The molecule has 1 unspecified atom stereocenters. The summed E-state index contributed by atoms with van der Waals surface area (Å²) in [5.41, 5.74) is 0. The summed E-state index contributed by atoms with van der Waals surface area (Å²) in [6.45, 7) is 1.68. The first kappa shape index (κ1) is 10.4. The van der Waals surface area contributed by atoms with Gasteiger partial charge in [0.1, 0.15) is 0 Å². The molecule has 0 fully saturated rings. The van der Waals surface area contributed by atoms with Crippen molar-refractivity contribution in [2.45, 2.75) is 6.92 Å². The van der Waals surface area contributed by atoms with Crippen molar-refractivity contribution >= 4 is 8.03 Å². The van der Waals surface area contributed by atoms with E-state index in [4.69, 9.17) is 4.89 Å². The normalized spacial score (nSPS) is 12.3. The van der Waals surface area contributed by atoms with Crippen molar-refractivity contribution in [2.24, 2.45) is 0 Å². The van der Waals surface area contributed by atoms with Crippen LogP contribution in [0.1, 0.15) is 6.92 Å². The molecule has 0 amide bonds. The van der Waals surface area contributed by atoms with E-state index in [1.807, 2.05) is 0 Å². The molecule has 4 heteroatoms. The maximum atomic E-state index is 9.55. The van der Waals surface area contributed by atoms with Gasteiger partial charge in [-0.3, -0.25) is 4.57 Å². The molecule has 1 atom stereocenters. The Morgan fingerprint density at radius 1 is 1.83 bits per heavy atom.